The Kier molecular flexibility index (Phi) is 4.81. The molecule has 0 aliphatic carbocycles. The number of benzene rings is 1. The molecule has 0 saturated carbocycles. The number of fused-ring (bicyclic) bond motifs is 1. The van der Waals surface area contributed by atoms with Gasteiger partial charge < -0.3 is 14.2 Å². The Morgan fingerprint density at radius 1 is 1.07 bits per heavy atom. The zero-order valence-corrected chi connectivity index (χ0v) is 15.8. The van der Waals surface area contributed by atoms with Gasteiger partial charge in [0.05, 0.1) is 12.6 Å². The Hall–Kier alpha value is -2.86. The van der Waals surface area contributed by atoms with Crippen molar-refractivity contribution in [3.8, 4) is 5.75 Å². The minimum absolute atomic E-state index is 0.0582. The van der Waals surface area contributed by atoms with Crippen molar-refractivity contribution < 1.29 is 4.74 Å². The van der Waals surface area contributed by atoms with Crippen LogP contribution in [0.15, 0.2) is 53.5 Å². The van der Waals surface area contributed by atoms with Gasteiger partial charge in [-0.05, 0) is 35.7 Å². The van der Waals surface area contributed by atoms with Gasteiger partial charge >= 0.3 is 0 Å². The van der Waals surface area contributed by atoms with Crippen LogP contribution in [0.2, 0.25) is 0 Å². The quantitative estimate of drug-likeness (QED) is 0.711. The Morgan fingerprint density at radius 2 is 1.89 bits per heavy atom. The van der Waals surface area contributed by atoms with Gasteiger partial charge in [-0.15, -0.1) is 0 Å². The second kappa shape index (κ2) is 7.40. The number of hydrogen-bond acceptors (Lipinski definition) is 5. The molecule has 3 aromatic rings. The zero-order chi connectivity index (χ0) is 18.8. The number of ether oxygens (including phenoxy) is 1. The Balaban J connectivity index is 1.51. The predicted octanol–water partition coefficient (Wildman–Crippen LogP) is 2.26. The summed E-state index contributed by atoms with van der Waals surface area (Å²) in [7, 11) is 3.46. The fourth-order valence-corrected chi connectivity index (χ4v) is 3.67. The summed E-state index contributed by atoms with van der Waals surface area (Å²) in [5, 5.41) is 1.06. The summed E-state index contributed by atoms with van der Waals surface area (Å²) in [6, 6.07) is 13.9. The largest absolute Gasteiger partial charge is 0.497 e. The van der Waals surface area contributed by atoms with Crippen LogP contribution in [0.5, 0.6) is 5.75 Å². The summed E-state index contributed by atoms with van der Waals surface area (Å²) in [6.45, 7) is 4.34. The molecule has 0 spiro atoms. The maximum atomic E-state index is 12.8. The van der Waals surface area contributed by atoms with Crippen molar-refractivity contribution in [2.75, 3.05) is 38.2 Å². The molecule has 1 aromatic carbocycles. The van der Waals surface area contributed by atoms with Gasteiger partial charge in [-0.1, -0.05) is 6.07 Å². The van der Waals surface area contributed by atoms with Crippen molar-refractivity contribution in [2.24, 2.45) is 7.05 Å². The number of pyridine rings is 2. The molecule has 1 aliphatic rings. The molecule has 6 nitrogen and oxygen atoms in total. The summed E-state index contributed by atoms with van der Waals surface area (Å²) in [4.78, 5) is 21.9. The van der Waals surface area contributed by atoms with E-state index in [2.05, 4.69) is 14.8 Å². The van der Waals surface area contributed by atoms with E-state index in [9.17, 15) is 4.79 Å². The first kappa shape index (κ1) is 17.5. The SMILES string of the molecule is COc1ccc2cc(CN3CCN(c4ccccn4)CC3)c(=O)n(C)c2c1. The number of aryl methyl sites for hydroxylation is 1. The van der Waals surface area contributed by atoms with E-state index in [1.54, 1.807) is 11.7 Å². The van der Waals surface area contributed by atoms with Crippen LogP contribution in [0, 0.1) is 0 Å². The number of aromatic nitrogens is 2. The molecule has 4 rings (SSSR count). The molecule has 0 N–H and O–H groups in total. The van der Waals surface area contributed by atoms with E-state index in [4.69, 9.17) is 4.74 Å². The molecule has 1 saturated heterocycles. The average Bonchev–Trinajstić information content (AvgIpc) is 2.73. The Bertz CT molecular complexity index is 992. The standard InChI is InChI=1S/C21H24N4O2/c1-23-19-14-18(27-2)7-6-16(19)13-17(21(23)26)15-24-9-11-25(12-10-24)20-5-3-4-8-22-20/h3-8,13-14H,9-12,15H2,1-2H3. The van der Waals surface area contributed by atoms with Gasteiger partial charge in [0.25, 0.3) is 5.56 Å². The van der Waals surface area contributed by atoms with Crippen LogP contribution in [-0.2, 0) is 13.6 Å². The van der Waals surface area contributed by atoms with E-state index in [1.165, 1.54) is 0 Å². The van der Waals surface area contributed by atoms with Crippen LogP contribution in [0.25, 0.3) is 10.9 Å². The smallest absolute Gasteiger partial charge is 0.255 e. The normalized spacial score (nSPS) is 15.3. The van der Waals surface area contributed by atoms with E-state index >= 15 is 0 Å². The first-order chi connectivity index (χ1) is 13.2. The summed E-state index contributed by atoms with van der Waals surface area (Å²) >= 11 is 0. The fraction of sp³-hybridized carbons (Fsp3) is 0.333. The van der Waals surface area contributed by atoms with Crippen LogP contribution in [0.3, 0.4) is 0 Å². The third-order valence-electron chi connectivity index (χ3n) is 5.25. The van der Waals surface area contributed by atoms with E-state index in [1.807, 2.05) is 55.7 Å². The molecule has 0 atom stereocenters. The molecular weight excluding hydrogens is 340 g/mol. The average molecular weight is 364 g/mol. The first-order valence-corrected chi connectivity index (χ1v) is 9.21. The molecule has 1 fully saturated rings. The Morgan fingerprint density at radius 3 is 2.59 bits per heavy atom. The fourth-order valence-electron chi connectivity index (χ4n) is 3.67. The second-order valence-electron chi connectivity index (χ2n) is 6.91. The lowest BCUT2D eigenvalue weighted by atomic mass is 10.1. The highest BCUT2D eigenvalue weighted by atomic mass is 16.5. The van der Waals surface area contributed by atoms with Gasteiger partial charge in [-0.2, -0.15) is 0 Å². The number of piperazine rings is 1. The lowest BCUT2D eigenvalue weighted by Crippen LogP contribution is -2.46. The summed E-state index contributed by atoms with van der Waals surface area (Å²) < 4.78 is 7.00. The van der Waals surface area contributed by atoms with Crippen molar-refractivity contribution in [1.82, 2.24) is 14.5 Å². The zero-order valence-electron chi connectivity index (χ0n) is 15.8. The number of nitrogens with zero attached hydrogens (tertiary/aromatic N) is 4. The van der Waals surface area contributed by atoms with Gasteiger partial charge in [-0.3, -0.25) is 9.69 Å². The van der Waals surface area contributed by atoms with Crippen molar-refractivity contribution in [3.63, 3.8) is 0 Å². The van der Waals surface area contributed by atoms with Crippen molar-refractivity contribution in [3.05, 3.63) is 64.6 Å². The van der Waals surface area contributed by atoms with Gasteiger partial charge in [0.1, 0.15) is 11.6 Å². The van der Waals surface area contributed by atoms with E-state index in [0.29, 0.717) is 6.54 Å². The third-order valence-corrected chi connectivity index (χ3v) is 5.25. The van der Waals surface area contributed by atoms with Gasteiger partial charge in [0.15, 0.2) is 0 Å². The van der Waals surface area contributed by atoms with Crippen LogP contribution < -0.4 is 15.2 Å². The summed E-state index contributed by atoms with van der Waals surface area (Å²) in [6.07, 6.45) is 1.83. The highest BCUT2D eigenvalue weighted by Crippen LogP contribution is 2.21. The van der Waals surface area contributed by atoms with Crippen LogP contribution in [0.1, 0.15) is 5.56 Å². The molecule has 27 heavy (non-hydrogen) atoms. The molecule has 6 heteroatoms. The lowest BCUT2D eigenvalue weighted by molar-refractivity contribution is 0.248. The maximum Gasteiger partial charge on any atom is 0.255 e. The van der Waals surface area contributed by atoms with E-state index in [0.717, 1.165) is 54.2 Å². The number of methoxy groups -OCH3 is 1. The number of hydrogen-bond donors (Lipinski definition) is 0. The van der Waals surface area contributed by atoms with Gasteiger partial charge in [-0.25, -0.2) is 4.98 Å². The topological polar surface area (TPSA) is 50.6 Å². The van der Waals surface area contributed by atoms with E-state index < -0.39 is 0 Å². The van der Waals surface area contributed by atoms with Gasteiger partial charge in [0, 0.05) is 57.6 Å². The molecule has 2 aromatic heterocycles. The van der Waals surface area contributed by atoms with Crippen molar-refractivity contribution >= 4 is 16.7 Å². The molecular formula is C21H24N4O2. The van der Waals surface area contributed by atoms with E-state index in [-0.39, 0.29) is 5.56 Å². The van der Waals surface area contributed by atoms with Crippen LogP contribution >= 0.6 is 0 Å². The Labute approximate surface area is 158 Å². The van der Waals surface area contributed by atoms with Crippen molar-refractivity contribution in [2.45, 2.75) is 6.54 Å². The molecule has 0 bridgehead atoms. The molecule has 3 heterocycles. The lowest BCUT2D eigenvalue weighted by Gasteiger charge is -2.35. The molecule has 1 aliphatic heterocycles. The minimum atomic E-state index is 0.0582. The predicted molar refractivity (Wildman–Crippen MR) is 107 cm³/mol. The number of rotatable bonds is 4. The monoisotopic (exact) mass is 364 g/mol. The highest BCUT2D eigenvalue weighted by Gasteiger charge is 2.19. The molecule has 0 radical (unpaired) electrons. The third kappa shape index (κ3) is 3.53. The van der Waals surface area contributed by atoms with Crippen LogP contribution in [-0.4, -0.2) is 47.7 Å². The summed E-state index contributed by atoms with van der Waals surface area (Å²) in [5.74, 6) is 1.78. The second-order valence-corrected chi connectivity index (χ2v) is 6.91. The maximum absolute atomic E-state index is 12.8. The molecule has 0 amide bonds. The van der Waals surface area contributed by atoms with Crippen molar-refractivity contribution in [1.29, 1.82) is 0 Å². The number of anilines is 1. The van der Waals surface area contributed by atoms with Gasteiger partial charge in [0.2, 0.25) is 0 Å². The minimum Gasteiger partial charge on any atom is -0.497 e. The first-order valence-electron chi connectivity index (χ1n) is 9.21. The molecule has 140 valence electrons. The summed E-state index contributed by atoms with van der Waals surface area (Å²) in [5.41, 5.74) is 1.78. The highest BCUT2D eigenvalue weighted by molar-refractivity contribution is 5.81. The van der Waals surface area contributed by atoms with Crippen LogP contribution in [0.4, 0.5) is 5.82 Å². The molecule has 0 unspecified atom stereocenters.